The van der Waals surface area contributed by atoms with Gasteiger partial charge in [0.15, 0.2) is 17.9 Å². The molecule has 0 bridgehead atoms. The number of aromatic nitrogens is 2. The van der Waals surface area contributed by atoms with Gasteiger partial charge < -0.3 is 9.80 Å². The van der Waals surface area contributed by atoms with Crippen LogP contribution >= 0.6 is 0 Å². The number of imide groups is 1. The van der Waals surface area contributed by atoms with E-state index >= 15 is 0 Å². The normalized spacial score (nSPS) is 22.2. The van der Waals surface area contributed by atoms with Crippen molar-refractivity contribution in [3.63, 3.8) is 0 Å². The molecule has 4 rings (SSSR count). The second-order valence-electron chi connectivity index (χ2n) is 6.83. The lowest BCUT2D eigenvalue weighted by atomic mass is 10.1. The molecule has 140 valence electrons. The number of likely N-dealkylation sites (N-methyl/N-ethyl adjacent to an activating group) is 3. The molecule has 2 N–H and O–H groups in total. The summed E-state index contributed by atoms with van der Waals surface area (Å²) < 4.78 is 1.91. The molecule has 3 heterocycles. The lowest BCUT2D eigenvalue weighted by Gasteiger charge is -2.38. The lowest BCUT2D eigenvalue weighted by Crippen LogP contribution is -2.63. The average Bonchev–Trinajstić information content (AvgIpc) is 3.19. The van der Waals surface area contributed by atoms with Crippen LogP contribution in [0.25, 0.3) is 5.69 Å². The van der Waals surface area contributed by atoms with Crippen molar-refractivity contribution < 1.29 is 14.3 Å². The SMILES string of the molecule is Cc1cc(NC2=N[C@H]3[C@H](C(=O)N(C)C(=O)N3C)N2C)[n+](-c2ccccc2)[nH]1. The Hall–Kier alpha value is -3.36. The number of rotatable bonds is 2. The predicted molar refractivity (Wildman–Crippen MR) is 99.4 cm³/mol. The summed E-state index contributed by atoms with van der Waals surface area (Å²) in [4.78, 5) is 33.8. The lowest BCUT2D eigenvalue weighted by molar-refractivity contribution is -0.641. The molecule has 0 radical (unpaired) electrons. The molecule has 1 saturated heterocycles. The van der Waals surface area contributed by atoms with Crippen LogP contribution in [0.4, 0.5) is 10.6 Å². The summed E-state index contributed by atoms with van der Waals surface area (Å²) >= 11 is 0. The van der Waals surface area contributed by atoms with E-state index in [1.807, 2.05) is 48.0 Å². The number of aryl methyl sites for hydroxylation is 1. The van der Waals surface area contributed by atoms with Gasteiger partial charge in [0.25, 0.3) is 11.9 Å². The first-order chi connectivity index (χ1) is 12.9. The van der Waals surface area contributed by atoms with Crippen molar-refractivity contribution in [2.45, 2.75) is 19.1 Å². The minimum Gasteiger partial charge on any atom is -0.310 e. The number of fused-ring (bicyclic) bond motifs is 1. The molecule has 2 aromatic rings. The van der Waals surface area contributed by atoms with Gasteiger partial charge in [-0.3, -0.25) is 9.69 Å². The third-order valence-electron chi connectivity index (χ3n) is 4.99. The number of anilines is 1. The Morgan fingerprint density at radius 1 is 1.11 bits per heavy atom. The van der Waals surface area contributed by atoms with Gasteiger partial charge in [0.05, 0.1) is 11.8 Å². The summed E-state index contributed by atoms with van der Waals surface area (Å²) in [6.07, 6.45) is -0.543. The van der Waals surface area contributed by atoms with Crippen molar-refractivity contribution in [3.8, 4) is 5.69 Å². The Morgan fingerprint density at radius 3 is 2.52 bits per heavy atom. The Labute approximate surface area is 156 Å². The molecule has 0 saturated carbocycles. The maximum absolute atomic E-state index is 12.6. The zero-order valence-corrected chi connectivity index (χ0v) is 15.7. The van der Waals surface area contributed by atoms with Crippen LogP contribution in [0.5, 0.6) is 0 Å². The minimum atomic E-state index is -0.543. The van der Waals surface area contributed by atoms with Gasteiger partial charge in [-0.25, -0.2) is 20.2 Å². The van der Waals surface area contributed by atoms with E-state index in [-0.39, 0.29) is 11.9 Å². The number of hydrogen-bond donors (Lipinski definition) is 2. The van der Waals surface area contributed by atoms with Gasteiger partial charge in [-0.05, 0) is 19.1 Å². The third kappa shape index (κ3) is 2.62. The molecule has 1 aromatic heterocycles. The fourth-order valence-corrected chi connectivity index (χ4v) is 3.50. The first-order valence-electron chi connectivity index (χ1n) is 8.67. The zero-order valence-electron chi connectivity index (χ0n) is 15.7. The first kappa shape index (κ1) is 17.1. The van der Waals surface area contributed by atoms with Crippen molar-refractivity contribution in [2.24, 2.45) is 4.99 Å². The molecule has 1 aromatic carbocycles. The molecule has 3 amide bonds. The van der Waals surface area contributed by atoms with E-state index in [1.165, 1.54) is 11.9 Å². The number of urea groups is 1. The van der Waals surface area contributed by atoms with Crippen LogP contribution in [0.15, 0.2) is 41.4 Å². The van der Waals surface area contributed by atoms with E-state index < -0.39 is 12.2 Å². The molecule has 2 aliphatic heterocycles. The van der Waals surface area contributed by atoms with E-state index in [0.717, 1.165) is 22.1 Å². The van der Waals surface area contributed by atoms with Gasteiger partial charge in [0.2, 0.25) is 0 Å². The van der Waals surface area contributed by atoms with Crippen LogP contribution in [0.3, 0.4) is 0 Å². The van der Waals surface area contributed by atoms with Crippen molar-refractivity contribution in [1.29, 1.82) is 0 Å². The predicted octanol–water partition coefficient (Wildman–Crippen LogP) is 0.532. The number of hydrogen-bond acceptors (Lipinski definition) is 5. The maximum Gasteiger partial charge on any atom is 0.328 e. The summed E-state index contributed by atoms with van der Waals surface area (Å²) in [5, 5.41) is 6.59. The van der Waals surface area contributed by atoms with Crippen molar-refractivity contribution in [1.82, 2.24) is 19.8 Å². The number of nitrogens with zero attached hydrogens (tertiary/aromatic N) is 5. The third-order valence-corrected chi connectivity index (χ3v) is 4.99. The van der Waals surface area contributed by atoms with Crippen LogP contribution in [-0.4, -0.2) is 71.0 Å². The van der Waals surface area contributed by atoms with Gasteiger partial charge in [0.1, 0.15) is 0 Å². The molecule has 1 fully saturated rings. The molecule has 2 atom stereocenters. The molecule has 9 nitrogen and oxygen atoms in total. The summed E-state index contributed by atoms with van der Waals surface area (Å²) in [6.45, 7) is 1.97. The summed E-state index contributed by atoms with van der Waals surface area (Å²) in [7, 11) is 4.96. The number of H-pyrrole nitrogens is 1. The Bertz CT molecular complexity index is 936. The topological polar surface area (TPSA) is 87.9 Å². The van der Waals surface area contributed by atoms with Crippen LogP contribution in [0.2, 0.25) is 0 Å². The molecule has 2 aliphatic rings. The maximum atomic E-state index is 12.6. The highest BCUT2D eigenvalue weighted by molar-refractivity contribution is 6.05. The van der Waals surface area contributed by atoms with Crippen LogP contribution in [-0.2, 0) is 4.79 Å². The second kappa shape index (κ2) is 6.11. The summed E-state index contributed by atoms with van der Waals surface area (Å²) in [5.41, 5.74) is 1.94. The van der Waals surface area contributed by atoms with Gasteiger partial charge in [-0.15, -0.1) is 4.68 Å². The fourth-order valence-electron chi connectivity index (χ4n) is 3.50. The molecular formula is C18H22N7O2+. The summed E-state index contributed by atoms with van der Waals surface area (Å²) in [5.74, 6) is 1.07. The minimum absolute atomic E-state index is 0.257. The molecule has 9 heteroatoms. The van der Waals surface area contributed by atoms with E-state index in [2.05, 4.69) is 15.4 Å². The molecule has 0 aliphatic carbocycles. The number of amides is 3. The number of benzene rings is 1. The zero-order chi connectivity index (χ0) is 19.3. The number of aliphatic imine (C=N–C) groups is 1. The monoisotopic (exact) mass is 368 g/mol. The number of guanidine groups is 1. The smallest absolute Gasteiger partial charge is 0.310 e. The number of nitrogens with one attached hydrogen (secondary N) is 2. The van der Waals surface area contributed by atoms with E-state index in [9.17, 15) is 9.59 Å². The van der Waals surface area contributed by atoms with Gasteiger partial charge in [-0.2, -0.15) is 0 Å². The Balaban J connectivity index is 1.67. The fraction of sp³-hybridized carbons (Fsp3) is 0.333. The van der Waals surface area contributed by atoms with Crippen molar-refractivity contribution >= 4 is 23.7 Å². The highest BCUT2D eigenvalue weighted by atomic mass is 16.2. The number of carbonyl (C=O) groups is 2. The van der Waals surface area contributed by atoms with Gasteiger partial charge in [0, 0.05) is 21.1 Å². The standard InChI is InChI=1S/C18H21N7O2/c1-11-10-13(25(21-11)12-8-6-5-7-9-12)19-17-20-15-14(22(17)2)16(26)24(4)18(27)23(15)3/h5-10,14-15H,1-4H3,(H,19,20,21)/p+1/t14-,15-/m1/s1. The molecule has 27 heavy (non-hydrogen) atoms. The first-order valence-corrected chi connectivity index (χ1v) is 8.67. The van der Waals surface area contributed by atoms with E-state index in [4.69, 9.17) is 0 Å². The van der Waals surface area contributed by atoms with E-state index in [1.54, 1.807) is 19.0 Å². The summed E-state index contributed by atoms with van der Waals surface area (Å²) in [6, 6.07) is 11.0. The van der Waals surface area contributed by atoms with Crippen LogP contribution < -0.4 is 10.00 Å². The molecule has 0 unspecified atom stereocenters. The van der Waals surface area contributed by atoms with Gasteiger partial charge >= 0.3 is 11.8 Å². The van der Waals surface area contributed by atoms with Crippen molar-refractivity contribution in [3.05, 3.63) is 42.1 Å². The number of carbonyl (C=O) groups excluding carboxylic acids is 2. The average molecular weight is 368 g/mol. The highest BCUT2D eigenvalue weighted by Gasteiger charge is 2.51. The highest BCUT2D eigenvalue weighted by Crippen LogP contribution is 2.26. The quantitative estimate of drug-likeness (QED) is 0.757. The van der Waals surface area contributed by atoms with Crippen molar-refractivity contribution in [2.75, 3.05) is 26.5 Å². The molecule has 0 spiro atoms. The van der Waals surface area contributed by atoms with Crippen LogP contribution in [0.1, 0.15) is 5.69 Å². The van der Waals surface area contributed by atoms with Crippen LogP contribution in [0, 0.1) is 6.92 Å². The second-order valence-corrected chi connectivity index (χ2v) is 6.83. The van der Waals surface area contributed by atoms with Gasteiger partial charge in [-0.1, -0.05) is 18.2 Å². The number of aromatic amines is 1. The molecular weight excluding hydrogens is 346 g/mol. The Kier molecular flexibility index (Phi) is 3.87. The Morgan fingerprint density at radius 2 is 1.81 bits per heavy atom. The van der Waals surface area contributed by atoms with E-state index in [0.29, 0.717) is 5.96 Å². The number of para-hydroxylation sites is 1. The largest absolute Gasteiger partial charge is 0.328 e.